The van der Waals surface area contributed by atoms with Crippen molar-refractivity contribution in [3.63, 3.8) is 0 Å². The Kier molecular flexibility index (Phi) is 5.16. The van der Waals surface area contributed by atoms with Crippen LogP contribution >= 0.6 is 0 Å². The van der Waals surface area contributed by atoms with Crippen molar-refractivity contribution in [1.82, 2.24) is 5.32 Å². The van der Waals surface area contributed by atoms with E-state index in [9.17, 15) is 4.79 Å². The summed E-state index contributed by atoms with van der Waals surface area (Å²) in [6.07, 6.45) is 0.662. The predicted octanol–water partition coefficient (Wildman–Crippen LogP) is 1.94. The molecule has 17 heavy (non-hydrogen) atoms. The number of aryl methyl sites for hydroxylation is 2. The van der Waals surface area contributed by atoms with Gasteiger partial charge in [-0.15, -0.1) is 0 Å². The normalized spacial score (nSPS) is 12.2. The first-order valence-corrected chi connectivity index (χ1v) is 6.03. The van der Waals surface area contributed by atoms with Gasteiger partial charge in [0.05, 0.1) is 12.5 Å². The van der Waals surface area contributed by atoms with E-state index in [0.717, 1.165) is 5.56 Å². The number of aliphatic hydroxyl groups excluding tert-OH is 1. The van der Waals surface area contributed by atoms with Crippen LogP contribution in [0, 0.1) is 19.8 Å². The molecule has 1 amide bonds. The lowest BCUT2D eigenvalue weighted by Gasteiger charge is -2.13. The van der Waals surface area contributed by atoms with E-state index in [1.165, 1.54) is 11.1 Å². The van der Waals surface area contributed by atoms with Gasteiger partial charge in [0.25, 0.3) is 0 Å². The van der Waals surface area contributed by atoms with Gasteiger partial charge in [-0.2, -0.15) is 0 Å². The zero-order chi connectivity index (χ0) is 12.8. The first-order valence-electron chi connectivity index (χ1n) is 6.03. The van der Waals surface area contributed by atoms with Crippen LogP contribution in [0.1, 0.15) is 30.0 Å². The maximum Gasteiger partial charge on any atom is 0.225 e. The summed E-state index contributed by atoms with van der Waals surface area (Å²) in [5, 5.41) is 11.9. The van der Waals surface area contributed by atoms with Gasteiger partial charge in [0, 0.05) is 6.54 Å². The van der Waals surface area contributed by atoms with E-state index in [1.54, 1.807) is 0 Å². The summed E-state index contributed by atoms with van der Waals surface area (Å²) in [7, 11) is 0. The monoisotopic (exact) mass is 235 g/mol. The SMILES string of the molecule is CCC(CO)C(=O)NCc1cc(C)ccc1C. The van der Waals surface area contributed by atoms with Crippen molar-refractivity contribution in [3.8, 4) is 0 Å². The number of amides is 1. The Morgan fingerprint density at radius 3 is 2.71 bits per heavy atom. The smallest absolute Gasteiger partial charge is 0.225 e. The maximum absolute atomic E-state index is 11.7. The second kappa shape index (κ2) is 6.40. The summed E-state index contributed by atoms with van der Waals surface area (Å²) in [4.78, 5) is 11.7. The summed E-state index contributed by atoms with van der Waals surface area (Å²) in [5.74, 6) is -0.365. The minimum atomic E-state index is -0.292. The van der Waals surface area contributed by atoms with Gasteiger partial charge in [-0.05, 0) is 31.4 Å². The van der Waals surface area contributed by atoms with Gasteiger partial charge in [-0.25, -0.2) is 0 Å². The Balaban J connectivity index is 2.61. The van der Waals surface area contributed by atoms with Crippen molar-refractivity contribution in [2.45, 2.75) is 33.7 Å². The third-order valence-corrected chi connectivity index (χ3v) is 3.04. The summed E-state index contributed by atoms with van der Waals surface area (Å²) >= 11 is 0. The van der Waals surface area contributed by atoms with Crippen molar-refractivity contribution in [2.24, 2.45) is 5.92 Å². The summed E-state index contributed by atoms with van der Waals surface area (Å²) in [6.45, 7) is 6.41. The van der Waals surface area contributed by atoms with E-state index in [1.807, 2.05) is 20.8 Å². The molecule has 0 aliphatic carbocycles. The number of carbonyl (C=O) groups is 1. The molecule has 2 N–H and O–H groups in total. The molecule has 1 aromatic rings. The van der Waals surface area contributed by atoms with E-state index in [-0.39, 0.29) is 18.4 Å². The predicted molar refractivity (Wildman–Crippen MR) is 68.6 cm³/mol. The molecule has 0 heterocycles. The zero-order valence-electron chi connectivity index (χ0n) is 10.8. The second-order valence-electron chi connectivity index (χ2n) is 4.44. The molecule has 0 saturated carbocycles. The van der Waals surface area contributed by atoms with Gasteiger partial charge in [-0.3, -0.25) is 4.79 Å². The average Bonchev–Trinajstić information content (AvgIpc) is 2.32. The Morgan fingerprint density at radius 2 is 2.12 bits per heavy atom. The third kappa shape index (κ3) is 3.86. The molecular weight excluding hydrogens is 214 g/mol. The number of aliphatic hydroxyl groups is 1. The quantitative estimate of drug-likeness (QED) is 0.819. The number of nitrogens with one attached hydrogen (secondary N) is 1. The summed E-state index contributed by atoms with van der Waals surface area (Å²) in [5.41, 5.74) is 3.49. The van der Waals surface area contributed by atoms with E-state index in [2.05, 4.69) is 23.5 Å². The van der Waals surface area contributed by atoms with Gasteiger partial charge in [0.1, 0.15) is 0 Å². The van der Waals surface area contributed by atoms with Gasteiger partial charge < -0.3 is 10.4 Å². The highest BCUT2D eigenvalue weighted by molar-refractivity contribution is 5.78. The number of hydrogen-bond donors (Lipinski definition) is 2. The fraction of sp³-hybridized carbons (Fsp3) is 0.500. The van der Waals surface area contributed by atoms with E-state index < -0.39 is 0 Å². The molecule has 0 aliphatic rings. The topological polar surface area (TPSA) is 49.3 Å². The van der Waals surface area contributed by atoms with Crippen molar-refractivity contribution in [1.29, 1.82) is 0 Å². The number of hydrogen-bond acceptors (Lipinski definition) is 2. The molecule has 1 rings (SSSR count). The largest absolute Gasteiger partial charge is 0.396 e. The van der Waals surface area contributed by atoms with Crippen LogP contribution in [0.25, 0.3) is 0 Å². The molecule has 1 atom stereocenters. The zero-order valence-corrected chi connectivity index (χ0v) is 10.8. The van der Waals surface area contributed by atoms with Crippen LogP contribution in [0.3, 0.4) is 0 Å². The molecule has 1 aromatic carbocycles. The lowest BCUT2D eigenvalue weighted by molar-refractivity contribution is -0.126. The molecule has 0 aromatic heterocycles. The Bertz CT molecular complexity index is 384. The minimum absolute atomic E-state index is 0.0732. The van der Waals surface area contributed by atoms with E-state index >= 15 is 0 Å². The highest BCUT2D eigenvalue weighted by Gasteiger charge is 2.14. The standard InChI is InChI=1S/C14H21NO2/c1-4-12(9-16)14(17)15-8-13-7-10(2)5-6-11(13)3/h5-7,12,16H,4,8-9H2,1-3H3,(H,15,17). The van der Waals surface area contributed by atoms with Crippen LogP contribution in [0.5, 0.6) is 0 Å². The van der Waals surface area contributed by atoms with Crippen molar-refractivity contribution >= 4 is 5.91 Å². The number of carbonyl (C=O) groups excluding carboxylic acids is 1. The molecule has 3 heteroatoms. The minimum Gasteiger partial charge on any atom is -0.396 e. The molecule has 94 valence electrons. The molecule has 3 nitrogen and oxygen atoms in total. The molecule has 0 saturated heterocycles. The maximum atomic E-state index is 11.7. The van der Waals surface area contributed by atoms with Gasteiger partial charge in [0.2, 0.25) is 5.91 Å². The highest BCUT2D eigenvalue weighted by Crippen LogP contribution is 2.10. The Hall–Kier alpha value is -1.35. The Labute approximate surface area is 103 Å². The second-order valence-corrected chi connectivity index (χ2v) is 4.44. The fourth-order valence-electron chi connectivity index (χ4n) is 1.71. The van der Waals surface area contributed by atoms with Crippen molar-refractivity contribution in [2.75, 3.05) is 6.61 Å². The van der Waals surface area contributed by atoms with E-state index in [0.29, 0.717) is 13.0 Å². The fourth-order valence-corrected chi connectivity index (χ4v) is 1.71. The van der Waals surface area contributed by atoms with Gasteiger partial charge in [-0.1, -0.05) is 30.7 Å². The highest BCUT2D eigenvalue weighted by atomic mass is 16.3. The average molecular weight is 235 g/mol. The van der Waals surface area contributed by atoms with Crippen LogP contribution in [0.2, 0.25) is 0 Å². The molecule has 0 spiro atoms. The molecule has 0 aliphatic heterocycles. The van der Waals surface area contributed by atoms with Crippen molar-refractivity contribution < 1.29 is 9.90 Å². The van der Waals surface area contributed by atoms with Crippen LogP contribution < -0.4 is 5.32 Å². The number of benzene rings is 1. The van der Waals surface area contributed by atoms with Crippen LogP contribution in [0.15, 0.2) is 18.2 Å². The van der Waals surface area contributed by atoms with E-state index in [4.69, 9.17) is 5.11 Å². The van der Waals surface area contributed by atoms with Crippen LogP contribution in [-0.4, -0.2) is 17.6 Å². The molecule has 1 unspecified atom stereocenters. The number of rotatable bonds is 5. The summed E-state index contributed by atoms with van der Waals surface area (Å²) in [6, 6.07) is 6.19. The van der Waals surface area contributed by atoms with Crippen LogP contribution in [-0.2, 0) is 11.3 Å². The van der Waals surface area contributed by atoms with Crippen LogP contribution in [0.4, 0.5) is 0 Å². The first-order chi connectivity index (χ1) is 8.08. The molecule has 0 bridgehead atoms. The molecule has 0 radical (unpaired) electrons. The first kappa shape index (κ1) is 13.7. The third-order valence-electron chi connectivity index (χ3n) is 3.04. The van der Waals surface area contributed by atoms with Gasteiger partial charge >= 0.3 is 0 Å². The molecular formula is C14H21NO2. The lowest BCUT2D eigenvalue weighted by atomic mass is 10.0. The Morgan fingerprint density at radius 1 is 1.41 bits per heavy atom. The summed E-state index contributed by atoms with van der Waals surface area (Å²) < 4.78 is 0. The lowest BCUT2D eigenvalue weighted by Crippen LogP contribution is -2.32. The molecule has 0 fully saturated rings. The van der Waals surface area contributed by atoms with Crippen molar-refractivity contribution in [3.05, 3.63) is 34.9 Å². The van der Waals surface area contributed by atoms with Gasteiger partial charge in [0.15, 0.2) is 0 Å².